The first-order valence-electron chi connectivity index (χ1n) is 5.81. The molecule has 0 aliphatic rings. The van der Waals surface area contributed by atoms with Crippen molar-refractivity contribution in [3.8, 4) is 0 Å². The van der Waals surface area contributed by atoms with Crippen molar-refractivity contribution in [1.82, 2.24) is 5.32 Å². The zero-order chi connectivity index (χ0) is 13.7. The third kappa shape index (κ3) is 5.72. The fourth-order valence-electron chi connectivity index (χ4n) is 1.57. The van der Waals surface area contributed by atoms with E-state index in [4.69, 9.17) is 11.5 Å². The summed E-state index contributed by atoms with van der Waals surface area (Å²) in [5.41, 5.74) is 12.7. The molecule has 0 saturated heterocycles. The van der Waals surface area contributed by atoms with Gasteiger partial charge in [-0.3, -0.25) is 9.59 Å². The molecule has 0 fully saturated rings. The Morgan fingerprint density at radius 2 is 1.79 bits per heavy atom. The van der Waals surface area contributed by atoms with Gasteiger partial charge in [-0.2, -0.15) is 0 Å². The maximum Gasteiger partial charge on any atom is 0.237 e. The van der Waals surface area contributed by atoms with Crippen LogP contribution < -0.4 is 16.8 Å². The number of benzene rings is 1. The molecule has 0 aliphatic carbocycles. The highest BCUT2D eigenvalue weighted by atomic mass is 35.5. The van der Waals surface area contributed by atoms with E-state index >= 15 is 0 Å². The summed E-state index contributed by atoms with van der Waals surface area (Å²) in [6, 6.07) is 6.79. The van der Waals surface area contributed by atoms with E-state index in [1.54, 1.807) is 0 Å². The molecule has 6 heteroatoms. The molecule has 2 unspecified atom stereocenters. The Labute approximate surface area is 119 Å². The van der Waals surface area contributed by atoms with Gasteiger partial charge >= 0.3 is 0 Å². The molecule has 19 heavy (non-hydrogen) atoms. The average molecular weight is 286 g/mol. The van der Waals surface area contributed by atoms with Crippen LogP contribution >= 0.6 is 12.4 Å². The van der Waals surface area contributed by atoms with Gasteiger partial charge in [-0.15, -0.1) is 12.4 Å². The van der Waals surface area contributed by atoms with Gasteiger partial charge in [0.15, 0.2) is 0 Å². The Morgan fingerprint density at radius 1 is 1.26 bits per heavy atom. The Bertz CT molecular complexity index is 434. The molecule has 0 aromatic heterocycles. The maximum absolute atomic E-state index is 11.7. The summed E-state index contributed by atoms with van der Waals surface area (Å²) >= 11 is 0. The van der Waals surface area contributed by atoms with E-state index in [1.807, 2.05) is 38.1 Å². The van der Waals surface area contributed by atoms with Gasteiger partial charge in [0, 0.05) is 0 Å². The molecular formula is C13H20ClN3O2. The summed E-state index contributed by atoms with van der Waals surface area (Å²) < 4.78 is 0. The third-order valence-corrected chi connectivity index (χ3v) is 2.69. The Hall–Kier alpha value is -1.59. The fourth-order valence-corrected chi connectivity index (χ4v) is 1.57. The molecule has 1 aromatic carbocycles. The summed E-state index contributed by atoms with van der Waals surface area (Å²) in [6.45, 7) is 3.86. The molecule has 0 spiro atoms. The summed E-state index contributed by atoms with van der Waals surface area (Å²) in [5, 5.41) is 2.75. The monoisotopic (exact) mass is 285 g/mol. The van der Waals surface area contributed by atoms with Crippen molar-refractivity contribution in [2.24, 2.45) is 11.5 Å². The third-order valence-electron chi connectivity index (χ3n) is 2.69. The number of aryl methyl sites for hydroxylation is 1. The number of halogens is 1. The van der Waals surface area contributed by atoms with Crippen LogP contribution in [0.25, 0.3) is 0 Å². The largest absolute Gasteiger partial charge is 0.370 e. The Kier molecular flexibility index (Phi) is 7.11. The van der Waals surface area contributed by atoms with E-state index in [2.05, 4.69) is 5.32 Å². The van der Waals surface area contributed by atoms with Crippen LogP contribution in [0.15, 0.2) is 24.3 Å². The number of nitrogens with two attached hydrogens (primary N) is 2. The molecule has 0 saturated carbocycles. The van der Waals surface area contributed by atoms with Crippen molar-refractivity contribution in [1.29, 1.82) is 0 Å². The van der Waals surface area contributed by atoms with Crippen LogP contribution in [-0.2, 0) is 9.59 Å². The van der Waals surface area contributed by atoms with Crippen molar-refractivity contribution < 1.29 is 9.59 Å². The first-order valence-corrected chi connectivity index (χ1v) is 5.81. The molecule has 0 heterocycles. The summed E-state index contributed by atoms with van der Waals surface area (Å²) in [4.78, 5) is 22.4. The average Bonchev–Trinajstić information content (AvgIpc) is 2.28. The topological polar surface area (TPSA) is 98.2 Å². The normalized spacial score (nSPS) is 13.0. The SMILES string of the molecule is Cc1ccc(C(C)NC(=O)C(N)CC(N)=O)cc1.Cl. The number of rotatable bonds is 5. The molecule has 5 N–H and O–H groups in total. The quantitative estimate of drug-likeness (QED) is 0.746. The second kappa shape index (κ2) is 7.76. The van der Waals surface area contributed by atoms with Crippen LogP contribution in [0.3, 0.4) is 0 Å². The van der Waals surface area contributed by atoms with Crippen LogP contribution in [0.5, 0.6) is 0 Å². The van der Waals surface area contributed by atoms with E-state index in [-0.39, 0.29) is 30.8 Å². The van der Waals surface area contributed by atoms with E-state index in [0.29, 0.717) is 0 Å². The number of carbonyl (C=O) groups is 2. The number of carbonyl (C=O) groups excluding carboxylic acids is 2. The van der Waals surface area contributed by atoms with Crippen molar-refractivity contribution in [2.45, 2.75) is 32.4 Å². The van der Waals surface area contributed by atoms with E-state index in [0.717, 1.165) is 11.1 Å². The number of hydrogen-bond acceptors (Lipinski definition) is 3. The summed E-state index contributed by atoms with van der Waals surface area (Å²) in [7, 11) is 0. The molecule has 106 valence electrons. The van der Waals surface area contributed by atoms with E-state index < -0.39 is 11.9 Å². The minimum absolute atomic E-state index is 0. The van der Waals surface area contributed by atoms with E-state index in [1.165, 1.54) is 0 Å². The Morgan fingerprint density at radius 3 is 2.26 bits per heavy atom. The lowest BCUT2D eigenvalue weighted by molar-refractivity contribution is -0.126. The molecule has 0 aliphatic heterocycles. The lowest BCUT2D eigenvalue weighted by Crippen LogP contribution is -2.43. The van der Waals surface area contributed by atoms with Crippen LogP contribution in [0.4, 0.5) is 0 Å². The minimum atomic E-state index is -0.893. The second-order valence-corrected chi connectivity index (χ2v) is 4.42. The highest BCUT2D eigenvalue weighted by Gasteiger charge is 2.18. The highest BCUT2D eigenvalue weighted by molar-refractivity contribution is 5.87. The first-order chi connectivity index (χ1) is 8.40. The van der Waals surface area contributed by atoms with Gasteiger partial charge in [0.1, 0.15) is 0 Å². The number of hydrogen-bond donors (Lipinski definition) is 3. The van der Waals surface area contributed by atoms with Gasteiger partial charge in [0.2, 0.25) is 11.8 Å². The smallest absolute Gasteiger partial charge is 0.237 e. The van der Waals surface area contributed by atoms with Gasteiger partial charge in [-0.05, 0) is 19.4 Å². The molecule has 1 rings (SSSR count). The number of primary amides is 1. The molecular weight excluding hydrogens is 266 g/mol. The second-order valence-electron chi connectivity index (χ2n) is 4.42. The van der Waals surface area contributed by atoms with Crippen molar-refractivity contribution in [3.63, 3.8) is 0 Å². The lowest BCUT2D eigenvalue weighted by atomic mass is 10.1. The van der Waals surface area contributed by atoms with Crippen LogP contribution in [0, 0.1) is 6.92 Å². The standard InChI is InChI=1S/C13H19N3O2.ClH/c1-8-3-5-10(6-4-8)9(2)16-13(18)11(14)7-12(15)17;/h3-6,9,11H,7,14H2,1-2H3,(H2,15,17)(H,16,18);1H. The van der Waals surface area contributed by atoms with Gasteiger partial charge < -0.3 is 16.8 Å². The van der Waals surface area contributed by atoms with Crippen molar-refractivity contribution >= 4 is 24.2 Å². The molecule has 5 nitrogen and oxygen atoms in total. The molecule has 0 radical (unpaired) electrons. The predicted octanol–water partition coefficient (Wildman–Crippen LogP) is 0.797. The number of amides is 2. The van der Waals surface area contributed by atoms with Gasteiger partial charge in [-0.1, -0.05) is 29.8 Å². The minimum Gasteiger partial charge on any atom is -0.370 e. The zero-order valence-corrected chi connectivity index (χ0v) is 11.9. The van der Waals surface area contributed by atoms with Gasteiger partial charge in [-0.25, -0.2) is 0 Å². The summed E-state index contributed by atoms with van der Waals surface area (Å²) in [6.07, 6.45) is -0.146. The molecule has 0 bridgehead atoms. The van der Waals surface area contributed by atoms with Crippen LogP contribution in [0.2, 0.25) is 0 Å². The van der Waals surface area contributed by atoms with Gasteiger partial charge in [0.25, 0.3) is 0 Å². The fraction of sp³-hybridized carbons (Fsp3) is 0.385. The Balaban J connectivity index is 0.00000324. The molecule has 2 amide bonds. The van der Waals surface area contributed by atoms with Crippen LogP contribution in [0.1, 0.15) is 30.5 Å². The van der Waals surface area contributed by atoms with Crippen molar-refractivity contribution in [3.05, 3.63) is 35.4 Å². The summed E-state index contributed by atoms with van der Waals surface area (Å²) in [5.74, 6) is -0.956. The van der Waals surface area contributed by atoms with Crippen LogP contribution in [-0.4, -0.2) is 17.9 Å². The van der Waals surface area contributed by atoms with Crippen molar-refractivity contribution in [2.75, 3.05) is 0 Å². The first kappa shape index (κ1) is 17.4. The molecule has 1 aromatic rings. The zero-order valence-electron chi connectivity index (χ0n) is 11.1. The van der Waals surface area contributed by atoms with E-state index in [9.17, 15) is 9.59 Å². The maximum atomic E-state index is 11.7. The number of nitrogens with one attached hydrogen (secondary N) is 1. The van der Waals surface area contributed by atoms with Gasteiger partial charge in [0.05, 0.1) is 18.5 Å². The lowest BCUT2D eigenvalue weighted by Gasteiger charge is -2.17. The highest BCUT2D eigenvalue weighted by Crippen LogP contribution is 2.13. The predicted molar refractivity (Wildman–Crippen MR) is 76.8 cm³/mol. The molecule has 2 atom stereocenters.